The molecule has 0 bridgehead atoms. The molecular weight excluding hydrogens is 178 g/mol. The van der Waals surface area contributed by atoms with E-state index < -0.39 is 0 Å². The smallest absolute Gasteiger partial charge is 0.0779 e. The molecule has 1 aliphatic rings. The van der Waals surface area contributed by atoms with Gasteiger partial charge in [0.2, 0.25) is 0 Å². The van der Waals surface area contributed by atoms with E-state index in [2.05, 4.69) is 19.2 Å². The van der Waals surface area contributed by atoms with Crippen molar-refractivity contribution in [2.75, 3.05) is 32.9 Å². The van der Waals surface area contributed by atoms with Crippen LogP contribution < -0.4 is 5.32 Å². The van der Waals surface area contributed by atoms with Crippen molar-refractivity contribution in [1.82, 2.24) is 5.32 Å². The second-order valence-electron chi connectivity index (χ2n) is 4.19. The van der Waals surface area contributed by atoms with Crippen LogP contribution in [0.2, 0.25) is 0 Å². The molecule has 1 N–H and O–H groups in total. The van der Waals surface area contributed by atoms with Crippen LogP contribution in [0.3, 0.4) is 0 Å². The highest BCUT2D eigenvalue weighted by molar-refractivity contribution is 4.82. The lowest BCUT2D eigenvalue weighted by atomic mass is 9.96. The zero-order valence-corrected chi connectivity index (χ0v) is 9.47. The van der Waals surface area contributed by atoms with Crippen molar-refractivity contribution >= 4 is 0 Å². The summed E-state index contributed by atoms with van der Waals surface area (Å²) in [6, 6.07) is 0. The van der Waals surface area contributed by atoms with E-state index in [4.69, 9.17) is 9.47 Å². The molecule has 0 aromatic heterocycles. The van der Waals surface area contributed by atoms with E-state index in [1.165, 1.54) is 6.42 Å². The Labute approximate surface area is 87.2 Å². The highest BCUT2D eigenvalue weighted by atomic mass is 16.5. The third-order valence-corrected chi connectivity index (χ3v) is 2.58. The molecule has 1 aliphatic heterocycles. The fraction of sp³-hybridized carbons (Fsp3) is 1.00. The Kier molecular flexibility index (Phi) is 5.45. The predicted molar refractivity (Wildman–Crippen MR) is 57.6 cm³/mol. The molecule has 3 nitrogen and oxygen atoms in total. The number of nitrogens with one attached hydrogen (secondary N) is 1. The summed E-state index contributed by atoms with van der Waals surface area (Å²) in [6.45, 7) is 8.69. The fourth-order valence-corrected chi connectivity index (χ4v) is 1.75. The van der Waals surface area contributed by atoms with Crippen molar-refractivity contribution in [1.29, 1.82) is 0 Å². The third-order valence-electron chi connectivity index (χ3n) is 2.58. The molecular formula is C11H23NO2. The van der Waals surface area contributed by atoms with Crippen molar-refractivity contribution in [3.8, 4) is 0 Å². The highest BCUT2D eigenvalue weighted by Gasteiger charge is 2.26. The maximum atomic E-state index is 5.83. The van der Waals surface area contributed by atoms with Crippen LogP contribution in [0.25, 0.3) is 0 Å². The minimum Gasteiger partial charge on any atom is -0.379 e. The Morgan fingerprint density at radius 1 is 1.29 bits per heavy atom. The Bertz CT molecular complexity index is 144. The molecule has 1 unspecified atom stereocenters. The topological polar surface area (TPSA) is 30.5 Å². The van der Waals surface area contributed by atoms with Crippen LogP contribution in [-0.2, 0) is 9.47 Å². The van der Waals surface area contributed by atoms with Gasteiger partial charge >= 0.3 is 0 Å². The molecule has 14 heavy (non-hydrogen) atoms. The van der Waals surface area contributed by atoms with E-state index in [0.29, 0.717) is 0 Å². The third kappa shape index (κ3) is 4.40. The van der Waals surface area contributed by atoms with Gasteiger partial charge in [-0.1, -0.05) is 6.92 Å². The lowest BCUT2D eigenvalue weighted by Crippen LogP contribution is -2.45. The first kappa shape index (κ1) is 12.0. The van der Waals surface area contributed by atoms with Gasteiger partial charge in [-0.15, -0.1) is 0 Å². The first-order valence-electron chi connectivity index (χ1n) is 5.69. The maximum Gasteiger partial charge on any atom is 0.0779 e. The SMILES string of the molecule is CCCOCCOC1(C)CCCNC1. The fourth-order valence-electron chi connectivity index (χ4n) is 1.75. The van der Waals surface area contributed by atoms with E-state index in [9.17, 15) is 0 Å². The van der Waals surface area contributed by atoms with Crippen molar-refractivity contribution in [2.45, 2.75) is 38.7 Å². The Balaban J connectivity index is 2.03. The van der Waals surface area contributed by atoms with Gasteiger partial charge in [0.1, 0.15) is 0 Å². The van der Waals surface area contributed by atoms with Crippen molar-refractivity contribution < 1.29 is 9.47 Å². The molecule has 0 spiro atoms. The van der Waals surface area contributed by atoms with Crippen LogP contribution in [-0.4, -0.2) is 38.5 Å². The second kappa shape index (κ2) is 6.38. The standard InChI is InChI=1S/C11H23NO2/c1-3-7-13-8-9-14-11(2)5-4-6-12-10-11/h12H,3-10H2,1-2H3. The summed E-state index contributed by atoms with van der Waals surface area (Å²) in [4.78, 5) is 0. The van der Waals surface area contributed by atoms with Crippen molar-refractivity contribution in [2.24, 2.45) is 0 Å². The number of hydrogen-bond donors (Lipinski definition) is 1. The number of hydrogen-bond acceptors (Lipinski definition) is 3. The first-order chi connectivity index (χ1) is 6.77. The van der Waals surface area contributed by atoms with Gasteiger partial charge in [-0.05, 0) is 32.7 Å². The lowest BCUT2D eigenvalue weighted by molar-refractivity contribution is -0.0678. The molecule has 1 fully saturated rings. The average molecular weight is 201 g/mol. The molecule has 0 aromatic carbocycles. The summed E-state index contributed by atoms with van der Waals surface area (Å²) >= 11 is 0. The van der Waals surface area contributed by atoms with Gasteiger partial charge in [-0.3, -0.25) is 0 Å². The minimum atomic E-state index is 0.0355. The molecule has 84 valence electrons. The molecule has 0 amide bonds. The number of piperidine rings is 1. The first-order valence-corrected chi connectivity index (χ1v) is 5.69. The van der Waals surface area contributed by atoms with Crippen LogP contribution in [0.5, 0.6) is 0 Å². The number of rotatable bonds is 6. The molecule has 0 aliphatic carbocycles. The monoisotopic (exact) mass is 201 g/mol. The van der Waals surface area contributed by atoms with Crippen LogP contribution in [0.15, 0.2) is 0 Å². The largest absolute Gasteiger partial charge is 0.379 e. The van der Waals surface area contributed by atoms with E-state index in [1.807, 2.05) is 0 Å². The van der Waals surface area contributed by atoms with Gasteiger partial charge in [0.15, 0.2) is 0 Å². The van der Waals surface area contributed by atoms with Crippen molar-refractivity contribution in [3.63, 3.8) is 0 Å². The summed E-state index contributed by atoms with van der Waals surface area (Å²) in [6.07, 6.45) is 3.46. The minimum absolute atomic E-state index is 0.0355. The molecule has 0 radical (unpaired) electrons. The summed E-state index contributed by atoms with van der Waals surface area (Å²) < 4.78 is 11.2. The van der Waals surface area contributed by atoms with E-state index in [0.717, 1.165) is 45.8 Å². The Morgan fingerprint density at radius 2 is 2.14 bits per heavy atom. The van der Waals surface area contributed by atoms with Gasteiger partial charge in [-0.25, -0.2) is 0 Å². The van der Waals surface area contributed by atoms with Crippen LogP contribution in [0, 0.1) is 0 Å². The molecule has 3 heteroatoms. The van der Waals surface area contributed by atoms with Crippen LogP contribution in [0.4, 0.5) is 0 Å². The Hall–Kier alpha value is -0.120. The maximum absolute atomic E-state index is 5.83. The summed E-state index contributed by atoms with van der Waals surface area (Å²) in [7, 11) is 0. The Morgan fingerprint density at radius 3 is 2.79 bits per heavy atom. The molecule has 1 atom stereocenters. The summed E-state index contributed by atoms with van der Waals surface area (Å²) in [5, 5.41) is 3.36. The molecule has 1 heterocycles. The van der Waals surface area contributed by atoms with Crippen LogP contribution >= 0.6 is 0 Å². The zero-order valence-electron chi connectivity index (χ0n) is 9.47. The second-order valence-corrected chi connectivity index (χ2v) is 4.19. The summed E-state index contributed by atoms with van der Waals surface area (Å²) in [5.41, 5.74) is 0.0355. The van der Waals surface area contributed by atoms with Crippen LogP contribution in [0.1, 0.15) is 33.1 Å². The molecule has 0 aromatic rings. The van der Waals surface area contributed by atoms with E-state index >= 15 is 0 Å². The lowest BCUT2D eigenvalue weighted by Gasteiger charge is -2.34. The van der Waals surface area contributed by atoms with E-state index in [1.54, 1.807) is 0 Å². The average Bonchev–Trinajstić information content (AvgIpc) is 2.18. The zero-order chi connectivity index (χ0) is 10.3. The number of ether oxygens (including phenoxy) is 2. The molecule has 1 saturated heterocycles. The van der Waals surface area contributed by atoms with Gasteiger partial charge in [-0.2, -0.15) is 0 Å². The van der Waals surface area contributed by atoms with Gasteiger partial charge in [0, 0.05) is 13.2 Å². The molecule has 0 saturated carbocycles. The quantitative estimate of drug-likeness (QED) is 0.662. The molecule has 1 rings (SSSR count). The van der Waals surface area contributed by atoms with Gasteiger partial charge in [0.05, 0.1) is 18.8 Å². The van der Waals surface area contributed by atoms with E-state index in [-0.39, 0.29) is 5.60 Å². The van der Waals surface area contributed by atoms with Gasteiger partial charge in [0.25, 0.3) is 0 Å². The van der Waals surface area contributed by atoms with Crippen molar-refractivity contribution in [3.05, 3.63) is 0 Å². The summed E-state index contributed by atoms with van der Waals surface area (Å²) in [5.74, 6) is 0. The normalized spacial score (nSPS) is 27.9. The highest BCUT2D eigenvalue weighted by Crippen LogP contribution is 2.19. The predicted octanol–water partition coefficient (Wildman–Crippen LogP) is 1.57. The van der Waals surface area contributed by atoms with Gasteiger partial charge < -0.3 is 14.8 Å².